The lowest BCUT2D eigenvalue weighted by Gasteiger charge is -2.20. The van der Waals surface area contributed by atoms with Gasteiger partial charge in [-0.1, -0.05) is 11.6 Å². The highest BCUT2D eigenvalue weighted by molar-refractivity contribution is 6.31. The molecular weight excluding hydrogens is 284 g/mol. The summed E-state index contributed by atoms with van der Waals surface area (Å²) in [4.78, 5) is 14.3. The first-order chi connectivity index (χ1) is 10.2. The predicted octanol–water partition coefficient (Wildman–Crippen LogP) is 4.12. The number of imidazole rings is 1. The maximum Gasteiger partial charge on any atom is 0.178 e. The van der Waals surface area contributed by atoms with Crippen LogP contribution in [0, 0.1) is 0 Å². The average molecular weight is 301 g/mol. The van der Waals surface area contributed by atoms with Crippen LogP contribution in [-0.4, -0.2) is 28.0 Å². The maximum absolute atomic E-state index is 5.95. The zero-order chi connectivity index (χ0) is 14.8. The number of nitrogens with zero attached hydrogens (tertiary/aromatic N) is 3. The van der Waals surface area contributed by atoms with E-state index in [2.05, 4.69) is 58.0 Å². The Morgan fingerprint density at radius 1 is 1.14 bits per heavy atom. The van der Waals surface area contributed by atoms with Crippen LogP contribution >= 0.6 is 11.6 Å². The molecule has 0 amide bonds. The van der Waals surface area contributed by atoms with Gasteiger partial charge in [0.1, 0.15) is 5.82 Å². The third kappa shape index (κ3) is 2.72. The van der Waals surface area contributed by atoms with Gasteiger partial charge >= 0.3 is 0 Å². The Hall–Kier alpha value is -2.07. The zero-order valence-electron chi connectivity index (χ0n) is 12.1. The number of H-pyrrole nitrogens is 1. The predicted molar refractivity (Wildman–Crippen MR) is 87.9 cm³/mol. The topological polar surface area (TPSA) is 44.8 Å². The number of anilines is 1. The van der Waals surface area contributed by atoms with Crippen molar-refractivity contribution >= 4 is 28.5 Å². The van der Waals surface area contributed by atoms with Crippen molar-refractivity contribution in [2.75, 3.05) is 18.0 Å². The quantitative estimate of drug-likeness (QED) is 0.788. The summed E-state index contributed by atoms with van der Waals surface area (Å²) in [6.07, 6.45) is 1.61. The summed E-state index contributed by atoms with van der Waals surface area (Å²) in [7, 11) is 0. The summed E-state index contributed by atoms with van der Waals surface area (Å²) < 4.78 is 0. The van der Waals surface area contributed by atoms with Crippen LogP contribution in [0.5, 0.6) is 0 Å². The summed E-state index contributed by atoms with van der Waals surface area (Å²) in [5, 5.41) is 0.606. The molecule has 4 nitrogen and oxygen atoms in total. The molecule has 1 N–H and O–H groups in total. The minimum absolute atomic E-state index is 0.606. The van der Waals surface area contributed by atoms with Gasteiger partial charge in [-0.3, -0.25) is 0 Å². The number of halogens is 1. The van der Waals surface area contributed by atoms with E-state index in [-0.39, 0.29) is 0 Å². The third-order valence-corrected chi connectivity index (χ3v) is 3.78. The van der Waals surface area contributed by atoms with Gasteiger partial charge in [0.15, 0.2) is 5.65 Å². The van der Waals surface area contributed by atoms with E-state index in [0.717, 1.165) is 30.0 Å². The smallest absolute Gasteiger partial charge is 0.178 e. The molecule has 0 aliphatic carbocycles. The Kier molecular flexibility index (Phi) is 3.80. The molecule has 0 radical (unpaired) electrons. The van der Waals surface area contributed by atoms with Crippen LogP contribution in [0.1, 0.15) is 13.8 Å². The van der Waals surface area contributed by atoms with Crippen molar-refractivity contribution in [2.24, 2.45) is 0 Å². The largest absolute Gasteiger partial charge is 0.372 e. The van der Waals surface area contributed by atoms with E-state index >= 15 is 0 Å². The van der Waals surface area contributed by atoms with Gasteiger partial charge in [-0.25, -0.2) is 9.97 Å². The van der Waals surface area contributed by atoms with E-state index in [1.807, 2.05) is 6.07 Å². The molecular formula is C16H17ClN4. The van der Waals surface area contributed by atoms with E-state index in [0.29, 0.717) is 10.7 Å². The molecule has 0 saturated carbocycles. The van der Waals surface area contributed by atoms with Crippen molar-refractivity contribution in [3.05, 3.63) is 41.6 Å². The number of hydrogen-bond donors (Lipinski definition) is 1. The molecule has 2 heterocycles. The number of fused-ring (bicyclic) bond motifs is 1. The highest BCUT2D eigenvalue weighted by atomic mass is 35.5. The van der Waals surface area contributed by atoms with Gasteiger partial charge in [0.25, 0.3) is 0 Å². The van der Waals surface area contributed by atoms with Crippen LogP contribution in [0.2, 0.25) is 5.02 Å². The van der Waals surface area contributed by atoms with Crippen LogP contribution in [0.15, 0.2) is 36.5 Å². The molecule has 0 unspecified atom stereocenters. The van der Waals surface area contributed by atoms with E-state index in [4.69, 9.17) is 11.6 Å². The van der Waals surface area contributed by atoms with Gasteiger partial charge in [0.05, 0.1) is 10.5 Å². The second-order valence-corrected chi connectivity index (χ2v) is 5.27. The number of hydrogen-bond acceptors (Lipinski definition) is 3. The molecule has 0 bridgehead atoms. The number of benzene rings is 1. The first-order valence-electron chi connectivity index (χ1n) is 7.08. The van der Waals surface area contributed by atoms with Crippen LogP contribution in [0.3, 0.4) is 0 Å². The van der Waals surface area contributed by atoms with E-state index in [1.165, 1.54) is 5.69 Å². The fourth-order valence-electron chi connectivity index (χ4n) is 2.43. The molecule has 108 valence electrons. The Bertz CT molecular complexity index is 745. The molecule has 0 aliphatic heterocycles. The fourth-order valence-corrected chi connectivity index (χ4v) is 2.59. The number of aromatic amines is 1. The molecule has 0 spiro atoms. The van der Waals surface area contributed by atoms with Crippen molar-refractivity contribution in [3.63, 3.8) is 0 Å². The van der Waals surface area contributed by atoms with E-state index in [9.17, 15) is 0 Å². The fraction of sp³-hybridized carbons (Fsp3) is 0.250. The van der Waals surface area contributed by atoms with Crippen molar-refractivity contribution in [3.8, 4) is 11.4 Å². The Morgan fingerprint density at radius 3 is 2.52 bits per heavy atom. The summed E-state index contributed by atoms with van der Waals surface area (Å²) in [6, 6.07) is 10.2. The summed E-state index contributed by atoms with van der Waals surface area (Å²) >= 11 is 5.95. The molecule has 2 aromatic heterocycles. The van der Waals surface area contributed by atoms with Gasteiger partial charge < -0.3 is 9.88 Å². The maximum atomic E-state index is 5.95. The van der Waals surface area contributed by atoms with Crippen LogP contribution in [-0.2, 0) is 0 Å². The lowest BCUT2D eigenvalue weighted by atomic mass is 10.2. The first kappa shape index (κ1) is 13.9. The molecule has 5 heteroatoms. The Balaban J connectivity index is 1.95. The normalized spacial score (nSPS) is 11.0. The van der Waals surface area contributed by atoms with Crippen molar-refractivity contribution < 1.29 is 0 Å². The standard InChI is InChI=1S/C16H17ClN4/c1-3-21(4-2)13-7-5-11(6-8-13)15-19-14-9-12(17)10-18-16(14)20-15/h5-10H,3-4H2,1-2H3,(H,18,19,20). The van der Waals surface area contributed by atoms with Gasteiger partial charge in [-0.05, 0) is 44.2 Å². The van der Waals surface area contributed by atoms with Crippen molar-refractivity contribution in [2.45, 2.75) is 13.8 Å². The highest BCUT2D eigenvalue weighted by Gasteiger charge is 2.08. The van der Waals surface area contributed by atoms with Crippen molar-refractivity contribution in [1.82, 2.24) is 15.0 Å². The minimum atomic E-state index is 0.606. The molecule has 3 aromatic rings. The van der Waals surface area contributed by atoms with Crippen LogP contribution in [0.4, 0.5) is 5.69 Å². The van der Waals surface area contributed by atoms with E-state index < -0.39 is 0 Å². The zero-order valence-corrected chi connectivity index (χ0v) is 12.9. The number of pyridine rings is 1. The number of nitrogens with one attached hydrogen (secondary N) is 1. The summed E-state index contributed by atoms with van der Waals surface area (Å²) in [5.41, 5.74) is 3.80. The first-order valence-corrected chi connectivity index (χ1v) is 7.45. The second-order valence-electron chi connectivity index (χ2n) is 4.83. The lowest BCUT2D eigenvalue weighted by molar-refractivity contribution is 0.866. The second kappa shape index (κ2) is 5.74. The SMILES string of the molecule is CCN(CC)c1ccc(-c2nc3ncc(Cl)cc3[nH]2)cc1. The summed E-state index contributed by atoms with van der Waals surface area (Å²) in [6.45, 7) is 6.32. The van der Waals surface area contributed by atoms with Gasteiger partial charge in [0.2, 0.25) is 0 Å². The number of rotatable bonds is 4. The Labute approximate surface area is 128 Å². The molecule has 21 heavy (non-hydrogen) atoms. The average Bonchev–Trinajstić information content (AvgIpc) is 2.92. The summed E-state index contributed by atoms with van der Waals surface area (Å²) in [5.74, 6) is 0.811. The molecule has 0 fully saturated rings. The highest BCUT2D eigenvalue weighted by Crippen LogP contribution is 2.23. The third-order valence-electron chi connectivity index (χ3n) is 3.57. The van der Waals surface area contributed by atoms with Crippen LogP contribution < -0.4 is 4.90 Å². The van der Waals surface area contributed by atoms with Gasteiger partial charge in [0, 0.05) is 30.5 Å². The van der Waals surface area contributed by atoms with Crippen LogP contribution in [0.25, 0.3) is 22.6 Å². The van der Waals surface area contributed by atoms with Gasteiger partial charge in [-0.15, -0.1) is 0 Å². The lowest BCUT2D eigenvalue weighted by Crippen LogP contribution is -2.21. The van der Waals surface area contributed by atoms with E-state index in [1.54, 1.807) is 6.20 Å². The molecule has 0 saturated heterocycles. The molecule has 0 atom stereocenters. The van der Waals surface area contributed by atoms with Gasteiger partial charge in [-0.2, -0.15) is 0 Å². The molecule has 3 rings (SSSR count). The number of aromatic nitrogens is 3. The monoisotopic (exact) mass is 300 g/mol. The molecule has 1 aromatic carbocycles. The minimum Gasteiger partial charge on any atom is -0.372 e. The van der Waals surface area contributed by atoms with Crippen molar-refractivity contribution in [1.29, 1.82) is 0 Å². The Morgan fingerprint density at radius 2 is 1.86 bits per heavy atom. The molecule has 0 aliphatic rings.